The zero-order valence-corrected chi connectivity index (χ0v) is 10.7. The maximum atomic E-state index is 11.2. The largest absolute Gasteiger partial charge is 0.241 e. The highest BCUT2D eigenvalue weighted by Crippen LogP contribution is 2.25. The van der Waals surface area contributed by atoms with Crippen molar-refractivity contribution in [1.29, 1.82) is 0 Å². The van der Waals surface area contributed by atoms with Crippen molar-refractivity contribution in [1.82, 2.24) is 9.78 Å². The van der Waals surface area contributed by atoms with E-state index in [1.54, 1.807) is 10.9 Å². The van der Waals surface area contributed by atoms with Gasteiger partial charge in [-0.15, -0.1) is 0 Å². The van der Waals surface area contributed by atoms with Crippen molar-refractivity contribution < 1.29 is 8.42 Å². The topological polar surface area (TPSA) is 52.0 Å². The van der Waals surface area contributed by atoms with Crippen LogP contribution >= 0.6 is 10.7 Å². The Morgan fingerprint density at radius 3 is 2.53 bits per heavy atom. The second-order valence-electron chi connectivity index (χ2n) is 3.67. The molecule has 0 saturated carbocycles. The van der Waals surface area contributed by atoms with Crippen LogP contribution in [0.1, 0.15) is 17.7 Å². The third-order valence-electron chi connectivity index (χ3n) is 2.52. The van der Waals surface area contributed by atoms with E-state index in [2.05, 4.69) is 5.10 Å². The average molecular weight is 271 g/mol. The van der Waals surface area contributed by atoms with Crippen molar-refractivity contribution in [3.63, 3.8) is 0 Å². The van der Waals surface area contributed by atoms with E-state index >= 15 is 0 Å². The Labute approximate surface area is 104 Å². The number of rotatable bonds is 3. The lowest BCUT2D eigenvalue weighted by atomic mass is 10.3. The van der Waals surface area contributed by atoms with Gasteiger partial charge in [-0.2, -0.15) is 5.10 Å². The molecule has 0 aliphatic heterocycles. The van der Waals surface area contributed by atoms with Crippen molar-refractivity contribution in [3.05, 3.63) is 48.3 Å². The van der Waals surface area contributed by atoms with Gasteiger partial charge in [0.25, 0.3) is 0 Å². The molecule has 1 unspecified atom stereocenters. The molecule has 1 heterocycles. The van der Waals surface area contributed by atoms with Gasteiger partial charge in [-0.25, -0.2) is 13.1 Å². The number of hydrogen-bond acceptors (Lipinski definition) is 3. The van der Waals surface area contributed by atoms with Gasteiger partial charge in [0.2, 0.25) is 9.05 Å². The number of aromatic nitrogens is 2. The van der Waals surface area contributed by atoms with Crippen LogP contribution < -0.4 is 0 Å². The van der Waals surface area contributed by atoms with Crippen molar-refractivity contribution in [2.75, 3.05) is 0 Å². The van der Waals surface area contributed by atoms with Gasteiger partial charge < -0.3 is 0 Å². The molecule has 0 aliphatic carbocycles. The lowest BCUT2D eigenvalue weighted by molar-refractivity contribution is 0.600. The summed E-state index contributed by atoms with van der Waals surface area (Å²) in [7, 11) is 1.70. The van der Waals surface area contributed by atoms with E-state index in [-0.39, 0.29) is 0 Å². The Kier molecular flexibility index (Phi) is 3.22. The Balaban J connectivity index is 2.35. The fraction of sp³-hybridized carbons (Fsp3) is 0.182. The molecule has 2 rings (SSSR count). The van der Waals surface area contributed by atoms with Gasteiger partial charge in [0.1, 0.15) is 5.25 Å². The Morgan fingerprint density at radius 1 is 1.29 bits per heavy atom. The van der Waals surface area contributed by atoms with Gasteiger partial charge in [-0.05, 0) is 19.1 Å². The molecule has 0 saturated heterocycles. The van der Waals surface area contributed by atoms with Gasteiger partial charge in [0, 0.05) is 22.4 Å². The molecule has 0 N–H and O–H groups in total. The first-order valence-corrected chi connectivity index (χ1v) is 7.39. The zero-order valence-electron chi connectivity index (χ0n) is 9.12. The van der Waals surface area contributed by atoms with Crippen molar-refractivity contribution in [3.8, 4) is 5.69 Å². The molecule has 4 nitrogen and oxygen atoms in total. The number of para-hydroxylation sites is 1. The highest BCUT2D eigenvalue weighted by molar-refractivity contribution is 8.13. The van der Waals surface area contributed by atoms with Crippen LogP contribution in [0.15, 0.2) is 42.7 Å². The lowest BCUT2D eigenvalue weighted by Gasteiger charge is -2.03. The summed E-state index contributed by atoms with van der Waals surface area (Å²) in [5, 5.41) is 3.35. The average Bonchev–Trinajstić information content (AvgIpc) is 2.77. The molecule has 0 amide bonds. The zero-order chi connectivity index (χ0) is 12.5. The minimum absolute atomic E-state index is 0.573. The van der Waals surface area contributed by atoms with E-state index in [1.807, 2.05) is 30.3 Å². The van der Waals surface area contributed by atoms with Gasteiger partial charge >= 0.3 is 0 Å². The van der Waals surface area contributed by atoms with Gasteiger partial charge in [-0.3, -0.25) is 0 Å². The maximum absolute atomic E-state index is 11.2. The van der Waals surface area contributed by atoms with Crippen LogP contribution in [0.5, 0.6) is 0 Å². The molecule has 0 radical (unpaired) electrons. The van der Waals surface area contributed by atoms with Crippen LogP contribution in [-0.4, -0.2) is 18.2 Å². The molecule has 1 aromatic carbocycles. The van der Waals surface area contributed by atoms with Gasteiger partial charge in [-0.1, -0.05) is 18.2 Å². The number of halogens is 1. The second kappa shape index (κ2) is 4.50. The minimum atomic E-state index is -3.61. The Bertz CT molecular complexity index is 607. The fourth-order valence-electron chi connectivity index (χ4n) is 1.43. The number of nitrogens with zero attached hydrogens (tertiary/aromatic N) is 2. The van der Waals surface area contributed by atoms with Crippen LogP contribution in [0.25, 0.3) is 5.69 Å². The molecular weight excluding hydrogens is 260 g/mol. The minimum Gasteiger partial charge on any atom is -0.241 e. The van der Waals surface area contributed by atoms with E-state index in [0.717, 1.165) is 5.69 Å². The molecule has 1 atom stereocenters. The molecule has 0 fully saturated rings. The normalized spacial score (nSPS) is 13.5. The molecule has 90 valence electrons. The van der Waals surface area contributed by atoms with Crippen molar-refractivity contribution >= 4 is 19.7 Å². The third kappa shape index (κ3) is 2.68. The fourth-order valence-corrected chi connectivity index (χ4v) is 2.19. The monoisotopic (exact) mass is 270 g/mol. The number of hydrogen-bond donors (Lipinski definition) is 0. The summed E-state index contributed by atoms with van der Waals surface area (Å²) in [5.74, 6) is 0. The molecule has 6 heteroatoms. The van der Waals surface area contributed by atoms with Gasteiger partial charge in [0.05, 0.1) is 11.9 Å². The van der Waals surface area contributed by atoms with Crippen molar-refractivity contribution in [2.45, 2.75) is 12.2 Å². The van der Waals surface area contributed by atoms with Crippen LogP contribution in [0.4, 0.5) is 0 Å². The first-order valence-electron chi connectivity index (χ1n) is 5.02. The van der Waals surface area contributed by atoms with Crippen LogP contribution in [0.2, 0.25) is 0 Å². The predicted molar refractivity (Wildman–Crippen MR) is 66.8 cm³/mol. The van der Waals surface area contributed by atoms with E-state index in [0.29, 0.717) is 5.56 Å². The molecule has 1 aromatic heterocycles. The molecule has 0 bridgehead atoms. The lowest BCUT2D eigenvalue weighted by Crippen LogP contribution is -2.01. The molecular formula is C11H11ClN2O2S. The molecule has 17 heavy (non-hydrogen) atoms. The van der Waals surface area contributed by atoms with Crippen LogP contribution in [0, 0.1) is 0 Å². The van der Waals surface area contributed by atoms with Gasteiger partial charge in [0.15, 0.2) is 0 Å². The standard InChI is InChI=1S/C11H11ClN2O2S/c1-9(17(12,15)16)10-7-13-14(8-10)11-5-3-2-4-6-11/h2-9H,1H3. The smallest absolute Gasteiger partial charge is 0.239 e. The van der Waals surface area contributed by atoms with Crippen molar-refractivity contribution in [2.24, 2.45) is 0 Å². The summed E-state index contributed by atoms with van der Waals surface area (Å²) in [6.07, 6.45) is 3.18. The van der Waals surface area contributed by atoms with Crippen LogP contribution in [-0.2, 0) is 9.05 Å². The highest BCUT2D eigenvalue weighted by atomic mass is 35.7. The molecule has 0 aliphatic rings. The van der Waals surface area contributed by atoms with Crippen LogP contribution in [0.3, 0.4) is 0 Å². The summed E-state index contributed by atoms with van der Waals surface area (Å²) in [5.41, 5.74) is 1.45. The summed E-state index contributed by atoms with van der Waals surface area (Å²) in [6.45, 7) is 1.54. The maximum Gasteiger partial charge on any atom is 0.239 e. The quantitative estimate of drug-likeness (QED) is 0.805. The van der Waals surface area contributed by atoms with E-state index in [1.165, 1.54) is 13.1 Å². The summed E-state index contributed by atoms with van der Waals surface area (Å²) >= 11 is 0. The number of benzene rings is 1. The first kappa shape index (κ1) is 12.1. The Morgan fingerprint density at radius 2 is 1.94 bits per heavy atom. The summed E-state index contributed by atoms with van der Waals surface area (Å²) in [4.78, 5) is 0. The third-order valence-corrected chi connectivity index (χ3v) is 4.43. The SMILES string of the molecule is CC(c1cnn(-c2ccccc2)c1)S(=O)(=O)Cl. The van der Waals surface area contributed by atoms with E-state index in [4.69, 9.17) is 10.7 Å². The highest BCUT2D eigenvalue weighted by Gasteiger charge is 2.21. The molecule has 0 spiro atoms. The van der Waals surface area contributed by atoms with E-state index in [9.17, 15) is 8.42 Å². The predicted octanol–water partition coefficient (Wildman–Crippen LogP) is 2.50. The van der Waals surface area contributed by atoms with E-state index < -0.39 is 14.3 Å². The second-order valence-corrected chi connectivity index (χ2v) is 6.62. The summed E-state index contributed by atoms with van der Waals surface area (Å²) in [6, 6.07) is 9.45. The Hall–Kier alpha value is -1.33. The first-order chi connectivity index (χ1) is 7.98. The summed E-state index contributed by atoms with van der Waals surface area (Å²) < 4.78 is 24.0. The molecule has 2 aromatic rings.